The van der Waals surface area contributed by atoms with E-state index in [2.05, 4.69) is 5.32 Å². The summed E-state index contributed by atoms with van der Waals surface area (Å²) in [6, 6.07) is 1.41. The van der Waals surface area contributed by atoms with Crippen molar-refractivity contribution >= 4 is 41.3 Å². The fraction of sp³-hybridized carbons (Fsp3) is 0.560. The van der Waals surface area contributed by atoms with Gasteiger partial charge in [-0.05, 0) is 37.1 Å². The normalized spacial score (nSPS) is 21.3. The molecule has 12 heteroatoms. The van der Waals surface area contributed by atoms with Crippen LogP contribution in [0.3, 0.4) is 0 Å². The topological polar surface area (TPSA) is 104 Å². The molecule has 0 spiro atoms. The van der Waals surface area contributed by atoms with Gasteiger partial charge in [0.1, 0.15) is 11.9 Å². The number of nitrogens with one attached hydrogen (secondary N) is 1. The van der Waals surface area contributed by atoms with E-state index < -0.39 is 41.4 Å². The maximum Gasteiger partial charge on any atom is 0.265 e. The molecule has 0 bridgehead atoms. The van der Waals surface area contributed by atoms with Crippen LogP contribution in [0.4, 0.5) is 13.2 Å². The number of unbranched alkanes of at least 4 members (excludes halogenated alkanes) is 3. The Morgan fingerprint density at radius 2 is 1.68 bits per heavy atom. The highest BCUT2D eigenvalue weighted by atomic mass is 32.2. The lowest BCUT2D eigenvalue weighted by atomic mass is 10.0. The van der Waals surface area contributed by atoms with Gasteiger partial charge < -0.3 is 4.90 Å². The fourth-order valence-corrected chi connectivity index (χ4v) is 5.87. The number of rotatable bonds is 9. The molecule has 2 fully saturated rings. The Morgan fingerprint density at radius 1 is 1.00 bits per heavy atom. The van der Waals surface area contributed by atoms with E-state index in [0.29, 0.717) is 23.5 Å². The summed E-state index contributed by atoms with van der Waals surface area (Å²) < 4.78 is 41.0. The average Bonchev–Trinajstić information content (AvgIpc) is 3.11. The highest BCUT2D eigenvalue weighted by molar-refractivity contribution is 7.99. The predicted molar refractivity (Wildman–Crippen MR) is 128 cm³/mol. The first kappa shape index (κ1) is 27.2. The van der Waals surface area contributed by atoms with Crippen molar-refractivity contribution in [3.05, 3.63) is 29.1 Å². The number of piperidine rings is 2. The van der Waals surface area contributed by atoms with Crippen molar-refractivity contribution in [3.63, 3.8) is 0 Å². The lowest BCUT2D eigenvalue weighted by Gasteiger charge is -2.31. The van der Waals surface area contributed by atoms with Gasteiger partial charge in [0.05, 0.1) is 11.1 Å². The number of fused-ring (bicyclic) bond motifs is 1. The molecule has 8 nitrogen and oxygen atoms in total. The molecule has 1 aromatic carbocycles. The summed E-state index contributed by atoms with van der Waals surface area (Å²) in [6.45, 7) is 0.180. The van der Waals surface area contributed by atoms with Gasteiger partial charge in [-0.2, -0.15) is 0 Å². The zero-order valence-corrected chi connectivity index (χ0v) is 21.0. The lowest BCUT2D eigenvalue weighted by molar-refractivity contribution is -0.138. The van der Waals surface area contributed by atoms with Crippen LogP contribution in [0.2, 0.25) is 0 Å². The Morgan fingerprint density at radius 3 is 2.38 bits per heavy atom. The zero-order valence-electron chi connectivity index (χ0n) is 20.2. The van der Waals surface area contributed by atoms with Crippen molar-refractivity contribution in [2.45, 2.75) is 74.6 Å². The van der Waals surface area contributed by atoms with Gasteiger partial charge in [-0.25, -0.2) is 13.2 Å². The van der Waals surface area contributed by atoms with E-state index >= 15 is 0 Å². The Balaban J connectivity index is 1.25. The Kier molecular flexibility index (Phi) is 8.25. The predicted octanol–water partition coefficient (Wildman–Crippen LogP) is 3.53. The van der Waals surface area contributed by atoms with Gasteiger partial charge in [-0.3, -0.25) is 34.2 Å². The van der Waals surface area contributed by atoms with Gasteiger partial charge in [0.2, 0.25) is 17.7 Å². The van der Waals surface area contributed by atoms with Crippen molar-refractivity contribution in [1.82, 2.24) is 15.1 Å². The Hall–Kier alpha value is -2.89. The molecule has 3 aliphatic rings. The van der Waals surface area contributed by atoms with Crippen molar-refractivity contribution < 1.29 is 37.1 Å². The van der Waals surface area contributed by atoms with Crippen molar-refractivity contribution in [3.8, 4) is 0 Å². The third-order valence-electron chi connectivity index (χ3n) is 6.89. The zero-order chi connectivity index (χ0) is 26.7. The van der Waals surface area contributed by atoms with E-state index in [1.807, 2.05) is 0 Å². The number of imide groups is 2. The number of benzene rings is 1. The van der Waals surface area contributed by atoms with Crippen LogP contribution in [-0.4, -0.2) is 70.1 Å². The molecule has 2 saturated heterocycles. The van der Waals surface area contributed by atoms with E-state index in [1.54, 1.807) is 0 Å². The molecule has 37 heavy (non-hydrogen) atoms. The minimum atomic E-state index is -2.68. The van der Waals surface area contributed by atoms with Crippen LogP contribution >= 0.6 is 11.8 Å². The molecule has 4 rings (SSSR count). The molecule has 3 aliphatic heterocycles. The molecular weight excluding hydrogens is 511 g/mol. The van der Waals surface area contributed by atoms with E-state index in [4.69, 9.17) is 0 Å². The van der Waals surface area contributed by atoms with Gasteiger partial charge in [0, 0.05) is 43.7 Å². The highest BCUT2D eigenvalue weighted by Gasteiger charge is 2.47. The minimum Gasteiger partial charge on any atom is -0.342 e. The number of nitrogens with zero attached hydrogens (tertiary/aromatic N) is 2. The molecule has 0 radical (unpaired) electrons. The SMILES string of the molecule is O=C1CCC(N2C(=O)c3c(F)ccc(SCCCCCCC(=O)N4CCC(F)(F)CC4)c3C2=O)C(=O)N1. The molecule has 1 atom stereocenters. The number of carbonyl (C=O) groups excluding carboxylic acids is 5. The first-order valence-electron chi connectivity index (χ1n) is 12.4. The minimum absolute atomic E-state index is 0.00697. The first-order chi connectivity index (χ1) is 17.6. The summed E-state index contributed by atoms with van der Waals surface area (Å²) in [6.07, 6.45) is 2.69. The molecule has 0 aliphatic carbocycles. The van der Waals surface area contributed by atoms with Crippen LogP contribution in [0.5, 0.6) is 0 Å². The largest absolute Gasteiger partial charge is 0.342 e. The van der Waals surface area contributed by atoms with Crippen molar-refractivity contribution in [2.75, 3.05) is 18.8 Å². The van der Waals surface area contributed by atoms with Crippen LogP contribution in [0.25, 0.3) is 0 Å². The van der Waals surface area contributed by atoms with Crippen LogP contribution in [0.1, 0.15) is 78.5 Å². The number of alkyl halides is 2. The van der Waals surface area contributed by atoms with Gasteiger partial charge in [-0.1, -0.05) is 12.8 Å². The quantitative estimate of drug-likeness (QED) is 0.293. The van der Waals surface area contributed by atoms with E-state index in [9.17, 15) is 37.1 Å². The molecule has 0 aromatic heterocycles. The second kappa shape index (κ2) is 11.2. The first-order valence-corrected chi connectivity index (χ1v) is 13.4. The summed E-state index contributed by atoms with van der Waals surface area (Å²) in [5, 5.41) is 2.11. The standard InChI is InChI=1S/C25H28F3N3O5S/c26-15-6-8-17(21-20(15)23(35)31(24(21)36)16-7-9-18(32)29-22(16)34)37-14-4-2-1-3-5-19(33)30-12-10-25(27,28)11-13-30/h6,8,16H,1-5,7,9-14H2,(H,29,32,34). The summed E-state index contributed by atoms with van der Waals surface area (Å²) in [5.74, 6) is -5.89. The molecular formula is C25H28F3N3O5S. The van der Waals surface area contributed by atoms with E-state index in [0.717, 1.165) is 30.2 Å². The van der Waals surface area contributed by atoms with E-state index in [-0.39, 0.29) is 55.8 Å². The Labute approximate surface area is 216 Å². The molecule has 0 saturated carbocycles. The maximum absolute atomic E-state index is 14.5. The average molecular weight is 540 g/mol. The van der Waals surface area contributed by atoms with Gasteiger partial charge in [0.25, 0.3) is 17.7 Å². The van der Waals surface area contributed by atoms with Crippen LogP contribution < -0.4 is 5.32 Å². The molecule has 5 amide bonds. The number of thioether (sulfide) groups is 1. The van der Waals surface area contributed by atoms with Gasteiger partial charge in [0.15, 0.2) is 0 Å². The number of likely N-dealkylation sites (tertiary alicyclic amines) is 1. The molecule has 1 N–H and O–H groups in total. The van der Waals surface area contributed by atoms with Crippen LogP contribution in [0.15, 0.2) is 17.0 Å². The molecule has 3 heterocycles. The summed E-state index contributed by atoms with van der Waals surface area (Å²) in [5.41, 5.74) is -0.411. The van der Waals surface area contributed by atoms with Crippen LogP contribution in [0, 0.1) is 5.82 Å². The monoisotopic (exact) mass is 539 g/mol. The second-order valence-corrected chi connectivity index (χ2v) is 10.6. The summed E-state index contributed by atoms with van der Waals surface area (Å²) in [4.78, 5) is 64.5. The highest BCUT2D eigenvalue weighted by Crippen LogP contribution is 2.36. The molecule has 200 valence electrons. The van der Waals surface area contributed by atoms with Gasteiger partial charge in [-0.15, -0.1) is 11.8 Å². The number of carbonyl (C=O) groups is 5. The van der Waals surface area contributed by atoms with E-state index in [1.165, 1.54) is 22.7 Å². The van der Waals surface area contributed by atoms with Crippen molar-refractivity contribution in [2.24, 2.45) is 0 Å². The smallest absolute Gasteiger partial charge is 0.265 e. The van der Waals surface area contributed by atoms with Crippen LogP contribution in [-0.2, 0) is 14.4 Å². The fourth-order valence-electron chi connectivity index (χ4n) is 4.80. The second-order valence-electron chi connectivity index (χ2n) is 9.49. The number of halogens is 3. The molecule has 1 aromatic rings. The summed E-state index contributed by atoms with van der Waals surface area (Å²) >= 11 is 1.31. The maximum atomic E-state index is 14.5. The third-order valence-corrected chi connectivity index (χ3v) is 8.04. The molecule has 1 unspecified atom stereocenters. The van der Waals surface area contributed by atoms with Gasteiger partial charge >= 0.3 is 0 Å². The third kappa shape index (κ3) is 6.00. The Bertz CT molecular complexity index is 1120. The van der Waals surface area contributed by atoms with Crippen molar-refractivity contribution in [1.29, 1.82) is 0 Å². The lowest BCUT2D eigenvalue weighted by Crippen LogP contribution is -2.54. The number of hydrogen-bond donors (Lipinski definition) is 1. The summed E-state index contributed by atoms with van der Waals surface area (Å²) in [7, 11) is 0. The number of amides is 5. The number of hydrogen-bond acceptors (Lipinski definition) is 6.